The van der Waals surface area contributed by atoms with E-state index in [4.69, 9.17) is 16.0 Å². The summed E-state index contributed by atoms with van der Waals surface area (Å²) in [6, 6.07) is 22.1. The number of benzene rings is 3. The second-order valence-electron chi connectivity index (χ2n) is 7.98. The number of rotatable bonds is 5. The normalized spacial score (nSPS) is 17.4. The van der Waals surface area contributed by atoms with Gasteiger partial charge >= 0.3 is 5.63 Å². The number of aliphatic hydroxyl groups is 1. The summed E-state index contributed by atoms with van der Waals surface area (Å²) in [6.07, 6.45) is -0.580. The summed E-state index contributed by atoms with van der Waals surface area (Å²) in [6.45, 7) is 0.196. The van der Waals surface area contributed by atoms with Crippen LogP contribution >= 0.6 is 11.6 Å². The van der Waals surface area contributed by atoms with Gasteiger partial charge in [0.1, 0.15) is 11.1 Å². The first kappa shape index (κ1) is 21.1. The molecule has 2 heterocycles. The van der Waals surface area contributed by atoms with Gasteiger partial charge < -0.3 is 14.4 Å². The van der Waals surface area contributed by atoms with Crippen LogP contribution < -0.4 is 10.5 Å². The Morgan fingerprint density at radius 2 is 1.67 bits per heavy atom. The van der Waals surface area contributed by atoms with Gasteiger partial charge in [-0.05, 0) is 35.9 Å². The summed E-state index contributed by atoms with van der Waals surface area (Å²) in [5.74, 6) is -1.30. The Bertz CT molecular complexity index is 1460. The van der Waals surface area contributed by atoms with Crippen molar-refractivity contribution in [2.75, 3.05) is 4.90 Å². The van der Waals surface area contributed by atoms with Crippen LogP contribution in [-0.2, 0) is 16.9 Å². The number of hydrogen-bond acceptors (Lipinski definition) is 5. The first-order valence-corrected chi connectivity index (χ1v) is 10.7. The van der Waals surface area contributed by atoms with Crippen molar-refractivity contribution in [2.24, 2.45) is 0 Å². The molecule has 3 aromatic carbocycles. The zero-order valence-electron chi connectivity index (χ0n) is 17.3. The summed E-state index contributed by atoms with van der Waals surface area (Å²) in [5.41, 5.74) is -1.11. The molecule has 164 valence electrons. The molecule has 0 bridgehead atoms. The summed E-state index contributed by atoms with van der Waals surface area (Å²) in [7, 11) is 0. The quantitative estimate of drug-likeness (QED) is 0.352. The van der Waals surface area contributed by atoms with Gasteiger partial charge in [0.2, 0.25) is 0 Å². The summed E-state index contributed by atoms with van der Waals surface area (Å²) < 4.78 is 5.25. The molecule has 1 atom stereocenters. The third-order valence-electron chi connectivity index (χ3n) is 5.85. The molecule has 7 heteroatoms. The largest absolute Gasteiger partial charge is 0.422 e. The SMILES string of the molecule is O=C(C[C@]1(O)C(=O)N(Cc2ccc(Cl)cc2)c2ccccc21)c1cc2ccccc2oc1=O. The van der Waals surface area contributed by atoms with Crippen molar-refractivity contribution in [2.45, 2.75) is 18.6 Å². The van der Waals surface area contributed by atoms with Gasteiger partial charge in [0.25, 0.3) is 5.91 Å². The molecule has 0 fully saturated rings. The third-order valence-corrected chi connectivity index (χ3v) is 6.10. The highest BCUT2D eigenvalue weighted by Crippen LogP contribution is 2.43. The van der Waals surface area contributed by atoms with E-state index in [1.54, 1.807) is 72.8 Å². The van der Waals surface area contributed by atoms with Crippen molar-refractivity contribution < 1.29 is 19.1 Å². The first-order valence-electron chi connectivity index (χ1n) is 10.3. The predicted octanol–water partition coefficient (Wildman–Crippen LogP) is 4.45. The van der Waals surface area contributed by atoms with Crippen molar-refractivity contribution in [3.63, 3.8) is 0 Å². The number of carbonyl (C=O) groups excluding carboxylic acids is 2. The average molecular weight is 460 g/mol. The van der Waals surface area contributed by atoms with Gasteiger partial charge in [0.15, 0.2) is 11.4 Å². The molecule has 0 radical (unpaired) electrons. The number of hydrogen-bond donors (Lipinski definition) is 1. The highest BCUT2D eigenvalue weighted by atomic mass is 35.5. The zero-order valence-corrected chi connectivity index (χ0v) is 18.1. The van der Waals surface area contributed by atoms with Crippen molar-refractivity contribution in [3.05, 3.63) is 111 Å². The van der Waals surface area contributed by atoms with Crippen LogP contribution in [0.4, 0.5) is 5.69 Å². The summed E-state index contributed by atoms with van der Waals surface area (Å²) in [4.78, 5) is 40.4. The molecule has 4 aromatic rings. The molecule has 6 nitrogen and oxygen atoms in total. The fraction of sp³-hybridized carbons (Fsp3) is 0.115. The molecule has 1 aliphatic heterocycles. The predicted molar refractivity (Wildman–Crippen MR) is 124 cm³/mol. The number of amides is 1. The molecular weight excluding hydrogens is 442 g/mol. The first-order chi connectivity index (χ1) is 15.9. The molecule has 33 heavy (non-hydrogen) atoms. The van der Waals surface area contributed by atoms with Crippen molar-refractivity contribution in [1.29, 1.82) is 0 Å². The summed E-state index contributed by atoms with van der Waals surface area (Å²) in [5, 5.41) is 12.6. The lowest BCUT2D eigenvalue weighted by Crippen LogP contribution is -2.42. The van der Waals surface area contributed by atoms with E-state index < -0.39 is 29.3 Å². The number of Topliss-reactive ketones (excluding diaryl/α,β-unsaturated/α-hetero) is 1. The Labute approximate surface area is 193 Å². The molecule has 0 aliphatic carbocycles. The molecule has 0 spiro atoms. The second kappa shape index (κ2) is 7.99. The number of para-hydroxylation sites is 2. The highest BCUT2D eigenvalue weighted by molar-refractivity contribution is 6.30. The van der Waals surface area contributed by atoms with E-state index >= 15 is 0 Å². The third kappa shape index (κ3) is 3.63. The standard InChI is InChI=1S/C26H18ClNO5/c27-18-11-9-16(10-12-18)15-28-21-7-3-2-6-20(21)26(32,25(28)31)14-22(29)19-13-17-5-1-4-8-23(17)33-24(19)30/h1-13,32H,14-15H2/t26-/m1/s1. The van der Waals surface area contributed by atoms with Crippen LogP contribution in [0.15, 0.2) is 88.1 Å². The molecule has 1 amide bonds. The van der Waals surface area contributed by atoms with Gasteiger partial charge in [-0.1, -0.05) is 60.1 Å². The minimum absolute atomic E-state index is 0.196. The Balaban J connectivity index is 1.50. The van der Waals surface area contributed by atoms with E-state index in [0.29, 0.717) is 27.2 Å². The van der Waals surface area contributed by atoms with Crippen LogP contribution in [0.25, 0.3) is 11.0 Å². The van der Waals surface area contributed by atoms with Gasteiger partial charge in [-0.25, -0.2) is 4.79 Å². The lowest BCUT2D eigenvalue weighted by molar-refractivity contribution is -0.136. The lowest BCUT2D eigenvalue weighted by Gasteiger charge is -2.22. The van der Waals surface area contributed by atoms with Crippen molar-refractivity contribution >= 4 is 39.9 Å². The zero-order chi connectivity index (χ0) is 23.2. The molecule has 5 rings (SSSR count). The Morgan fingerprint density at radius 3 is 2.45 bits per heavy atom. The molecule has 1 aliphatic rings. The molecule has 0 saturated heterocycles. The van der Waals surface area contributed by atoms with Crippen LogP contribution in [0.2, 0.25) is 5.02 Å². The van der Waals surface area contributed by atoms with E-state index in [-0.39, 0.29) is 12.1 Å². The number of ketones is 1. The topological polar surface area (TPSA) is 87.8 Å². The van der Waals surface area contributed by atoms with Crippen LogP contribution in [0.3, 0.4) is 0 Å². The van der Waals surface area contributed by atoms with E-state index in [1.807, 2.05) is 0 Å². The molecule has 0 unspecified atom stereocenters. The van der Waals surface area contributed by atoms with Crippen molar-refractivity contribution in [3.8, 4) is 0 Å². The average Bonchev–Trinajstić information content (AvgIpc) is 3.02. The number of halogens is 1. The number of nitrogens with zero attached hydrogens (tertiary/aromatic N) is 1. The van der Waals surface area contributed by atoms with E-state index in [2.05, 4.69) is 0 Å². The Morgan fingerprint density at radius 1 is 0.970 bits per heavy atom. The van der Waals surface area contributed by atoms with Gasteiger partial charge in [-0.2, -0.15) is 0 Å². The molecular formula is C26H18ClNO5. The maximum absolute atomic E-state index is 13.4. The highest BCUT2D eigenvalue weighted by Gasteiger charge is 2.51. The van der Waals surface area contributed by atoms with E-state index in [9.17, 15) is 19.5 Å². The minimum Gasteiger partial charge on any atom is -0.422 e. The second-order valence-corrected chi connectivity index (χ2v) is 8.42. The Kier molecular flexibility index (Phi) is 5.12. The van der Waals surface area contributed by atoms with Gasteiger partial charge in [0, 0.05) is 16.0 Å². The van der Waals surface area contributed by atoms with Crippen LogP contribution in [0.5, 0.6) is 0 Å². The lowest BCUT2D eigenvalue weighted by atomic mass is 9.88. The van der Waals surface area contributed by atoms with Gasteiger partial charge in [0.05, 0.1) is 18.7 Å². The van der Waals surface area contributed by atoms with Crippen molar-refractivity contribution in [1.82, 2.24) is 0 Å². The fourth-order valence-electron chi connectivity index (χ4n) is 4.19. The molecule has 1 aromatic heterocycles. The Hall–Kier alpha value is -3.74. The maximum atomic E-state index is 13.4. The van der Waals surface area contributed by atoms with Crippen LogP contribution in [-0.4, -0.2) is 16.8 Å². The monoisotopic (exact) mass is 459 g/mol. The van der Waals surface area contributed by atoms with E-state index in [0.717, 1.165) is 5.56 Å². The molecule has 1 N–H and O–H groups in total. The van der Waals surface area contributed by atoms with Gasteiger partial charge in [-0.3, -0.25) is 9.59 Å². The number of fused-ring (bicyclic) bond motifs is 2. The van der Waals surface area contributed by atoms with E-state index in [1.165, 1.54) is 11.0 Å². The van der Waals surface area contributed by atoms with Crippen LogP contribution in [0, 0.1) is 0 Å². The number of carbonyl (C=O) groups is 2. The fourth-order valence-corrected chi connectivity index (χ4v) is 4.32. The molecule has 0 saturated carbocycles. The maximum Gasteiger partial charge on any atom is 0.347 e. The van der Waals surface area contributed by atoms with Crippen LogP contribution in [0.1, 0.15) is 27.9 Å². The minimum atomic E-state index is -2.10. The number of anilines is 1. The summed E-state index contributed by atoms with van der Waals surface area (Å²) >= 11 is 5.96. The smallest absolute Gasteiger partial charge is 0.347 e. The van der Waals surface area contributed by atoms with Gasteiger partial charge in [-0.15, -0.1) is 0 Å².